The number of hydrogen-bond acceptors (Lipinski definition) is 9. The van der Waals surface area contributed by atoms with E-state index < -0.39 is 30.4 Å². The molecule has 0 aromatic heterocycles. The van der Waals surface area contributed by atoms with Crippen molar-refractivity contribution in [2.75, 3.05) is 20.2 Å². The Morgan fingerprint density at radius 3 is 1.31 bits per heavy atom. The third kappa shape index (κ3) is 16.5. The minimum Gasteiger partial charge on any atom is -0.481 e. The molecule has 0 spiro atoms. The van der Waals surface area contributed by atoms with Crippen molar-refractivity contribution in [1.29, 1.82) is 0 Å². The van der Waals surface area contributed by atoms with Gasteiger partial charge in [-0.3, -0.25) is 19.2 Å². The molecule has 198 valence electrons. The highest BCUT2D eigenvalue weighted by Gasteiger charge is 2.27. The molecular formula is C23H36N2O10. The van der Waals surface area contributed by atoms with Gasteiger partial charge in [0, 0.05) is 51.9 Å². The number of carboxylic acids is 1. The zero-order chi connectivity index (χ0) is 27.6. The highest BCUT2D eigenvalue weighted by molar-refractivity contribution is 5.83. The molecule has 2 aliphatic rings. The van der Waals surface area contributed by atoms with Crippen molar-refractivity contribution in [3.63, 3.8) is 0 Å². The second-order valence-electron chi connectivity index (χ2n) is 7.08. The van der Waals surface area contributed by atoms with E-state index in [1.54, 1.807) is 23.6 Å². The number of likely N-dealkylation sites (tertiary alicyclic amines) is 2. The Labute approximate surface area is 205 Å². The number of carboxylic acid groups (broad SMARTS) is 1. The van der Waals surface area contributed by atoms with E-state index in [1.165, 1.54) is 14.0 Å². The summed E-state index contributed by atoms with van der Waals surface area (Å²) in [5, 5.41) is 7.42. The second-order valence-corrected chi connectivity index (χ2v) is 7.08. The topological polar surface area (TPSA) is 157 Å². The van der Waals surface area contributed by atoms with E-state index in [4.69, 9.17) is 19.4 Å². The molecule has 2 unspecified atom stereocenters. The lowest BCUT2D eigenvalue weighted by Gasteiger charge is -2.23. The summed E-state index contributed by atoms with van der Waals surface area (Å²) in [5.41, 5.74) is 0. The smallest absolute Gasteiger partial charge is 0.332 e. The molecule has 35 heavy (non-hydrogen) atoms. The van der Waals surface area contributed by atoms with E-state index in [1.807, 2.05) is 0 Å². The molecule has 12 nitrogen and oxygen atoms in total. The molecule has 2 amide bonds. The van der Waals surface area contributed by atoms with Crippen LogP contribution in [-0.2, 0) is 43.0 Å². The van der Waals surface area contributed by atoms with E-state index in [0.29, 0.717) is 25.9 Å². The Morgan fingerprint density at radius 1 is 0.857 bits per heavy atom. The van der Waals surface area contributed by atoms with Crippen molar-refractivity contribution < 1.29 is 48.1 Å². The van der Waals surface area contributed by atoms with Crippen molar-refractivity contribution in [2.24, 2.45) is 0 Å². The van der Waals surface area contributed by atoms with Gasteiger partial charge in [-0.15, -0.1) is 0 Å². The summed E-state index contributed by atoms with van der Waals surface area (Å²) >= 11 is 0. The largest absolute Gasteiger partial charge is 0.481 e. The van der Waals surface area contributed by atoms with Crippen molar-refractivity contribution >= 4 is 35.7 Å². The number of hydrogen-bond donors (Lipinski definition) is 1. The maximum absolute atomic E-state index is 11.2. The maximum atomic E-state index is 11.2. The predicted octanol–water partition coefficient (Wildman–Crippen LogP) is 1.64. The van der Waals surface area contributed by atoms with Crippen LogP contribution in [-0.4, -0.2) is 83.3 Å². The summed E-state index contributed by atoms with van der Waals surface area (Å²) in [6.45, 7) is 13.7. The number of rotatable bonds is 6. The molecule has 0 radical (unpaired) electrons. The lowest BCUT2D eigenvalue weighted by molar-refractivity contribution is -0.157. The van der Waals surface area contributed by atoms with E-state index >= 15 is 0 Å². The Balaban J connectivity index is 0. The molecule has 0 bridgehead atoms. The van der Waals surface area contributed by atoms with Crippen LogP contribution in [0.4, 0.5) is 0 Å². The molecule has 0 aromatic rings. The van der Waals surface area contributed by atoms with Crippen LogP contribution in [0.1, 0.15) is 53.4 Å². The second kappa shape index (κ2) is 18.7. The molecule has 2 aliphatic heterocycles. The van der Waals surface area contributed by atoms with Gasteiger partial charge < -0.3 is 29.1 Å². The first-order valence-corrected chi connectivity index (χ1v) is 10.8. The Bertz CT molecular complexity index is 711. The van der Waals surface area contributed by atoms with Crippen LogP contribution in [0.25, 0.3) is 0 Å². The molecule has 2 atom stereocenters. The van der Waals surface area contributed by atoms with Gasteiger partial charge in [-0.1, -0.05) is 13.2 Å². The maximum Gasteiger partial charge on any atom is 0.332 e. The number of amides is 2. The van der Waals surface area contributed by atoms with Gasteiger partial charge in [0.05, 0.1) is 7.11 Å². The first kappa shape index (κ1) is 33.5. The van der Waals surface area contributed by atoms with E-state index in [0.717, 1.165) is 31.9 Å². The van der Waals surface area contributed by atoms with E-state index in [-0.39, 0.29) is 17.8 Å². The summed E-state index contributed by atoms with van der Waals surface area (Å²) in [7, 11) is 1.35. The number of nitrogens with zero attached hydrogens (tertiary/aromatic N) is 2. The summed E-state index contributed by atoms with van der Waals surface area (Å²) in [6.07, 6.45) is 4.03. The number of carbonyl (C=O) groups is 6. The molecule has 2 fully saturated rings. The summed E-state index contributed by atoms with van der Waals surface area (Å²) in [5.74, 6) is -1.97. The van der Waals surface area contributed by atoms with Gasteiger partial charge in [0.1, 0.15) is 0 Å². The summed E-state index contributed by atoms with van der Waals surface area (Å²) in [4.78, 5) is 65.7. The Kier molecular flexibility index (Phi) is 17.9. The fraction of sp³-hybridized carbons (Fsp3) is 0.565. The van der Waals surface area contributed by atoms with Gasteiger partial charge >= 0.3 is 17.9 Å². The fourth-order valence-electron chi connectivity index (χ4n) is 2.67. The third-order valence-corrected chi connectivity index (χ3v) is 4.29. The molecule has 1 N–H and O–H groups in total. The third-order valence-electron chi connectivity index (χ3n) is 4.29. The molecule has 2 rings (SSSR count). The minimum absolute atomic E-state index is 0.0457. The van der Waals surface area contributed by atoms with E-state index in [2.05, 4.69) is 17.9 Å². The van der Waals surface area contributed by atoms with Crippen LogP contribution < -0.4 is 0 Å². The van der Waals surface area contributed by atoms with Gasteiger partial charge in [0.2, 0.25) is 11.8 Å². The number of aliphatic carboxylic acids is 1. The summed E-state index contributed by atoms with van der Waals surface area (Å²) < 4.78 is 13.9. The number of ether oxygens (including phenoxy) is 3. The monoisotopic (exact) mass is 500 g/mol. The van der Waals surface area contributed by atoms with Crippen molar-refractivity contribution in [1.82, 2.24) is 9.80 Å². The van der Waals surface area contributed by atoms with Gasteiger partial charge in [0.15, 0.2) is 12.5 Å². The Morgan fingerprint density at radius 2 is 1.14 bits per heavy atom. The number of methoxy groups -OCH3 is 1. The summed E-state index contributed by atoms with van der Waals surface area (Å²) in [6, 6.07) is 0. The highest BCUT2D eigenvalue weighted by atomic mass is 16.6. The van der Waals surface area contributed by atoms with Crippen molar-refractivity contribution in [2.45, 2.75) is 65.8 Å². The van der Waals surface area contributed by atoms with Crippen molar-refractivity contribution in [3.8, 4) is 0 Å². The molecule has 0 aliphatic carbocycles. The minimum atomic E-state index is -0.833. The molecule has 2 heterocycles. The van der Waals surface area contributed by atoms with Crippen LogP contribution in [0.3, 0.4) is 0 Å². The van der Waals surface area contributed by atoms with Gasteiger partial charge in [-0.2, -0.15) is 0 Å². The highest BCUT2D eigenvalue weighted by Crippen LogP contribution is 2.15. The van der Waals surface area contributed by atoms with Gasteiger partial charge in [-0.05, 0) is 26.7 Å². The van der Waals surface area contributed by atoms with Crippen LogP contribution in [0.15, 0.2) is 25.3 Å². The fourth-order valence-corrected chi connectivity index (χ4v) is 2.67. The SMILES string of the molecule is C=CC(=O)OC(C)N1CCCC1=O.C=CC(=O)OC(C)N1CCCC1=O.CC(=O)O.COC(C)=O. The lowest BCUT2D eigenvalue weighted by Crippen LogP contribution is -2.37. The van der Waals surface area contributed by atoms with Crippen LogP contribution >= 0.6 is 0 Å². The Hall–Kier alpha value is -3.70. The standard InChI is InChI=1S/2C9H13NO3.C3H6O2.C2H4O2/c2*1-3-9(12)13-7(2)10-6-4-5-8(10)11;1-3(4)5-2;1-2(3)4/h2*3,7H,1,4-6H2,2H3;1-2H3;1H3,(H,3,4). The van der Waals surface area contributed by atoms with Crippen LogP contribution in [0.2, 0.25) is 0 Å². The number of carbonyl (C=O) groups excluding carboxylic acids is 5. The van der Waals surface area contributed by atoms with Crippen LogP contribution in [0.5, 0.6) is 0 Å². The zero-order valence-electron chi connectivity index (χ0n) is 21.0. The van der Waals surface area contributed by atoms with Crippen LogP contribution in [0, 0.1) is 0 Å². The molecule has 2 saturated heterocycles. The zero-order valence-corrected chi connectivity index (χ0v) is 21.0. The van der Waals surface area contributed by atoms with E-state index in [9.17, 15) is 24.0 Å². The average Bonchev–Trinajstić information content (AvgIpc) is 3.41. The van der Waals surface area contributed by atoms with Gasteiger partial charge in [-0.25, -0.2) is 9.59 Å². The molecule has 0 saturated carbocycles. The molecule has 0 aromatic carbocycles. The number of esters is 3. The lowest BCUT2D eigenvalue weighted by atomic mass is 10.4. The first-order valence-electron chi connectivity index (χ1n) is 10.8. The first-order chi connectivity index (χ1) is 16.3. The average molecular weight is 501 g/mol. The van der Waals surface area contributed by atoms with Crippen molar-refractivity contribution in [3.05, 3.63) is 25.3 Å². The molecule has 12 heteroatoms. The normalized spacial score (nSPS) is 15.5. The quantitative estimate of drug-likeness (QED) is 0.323. The molecular weight excluding hydrogens is 464 g/mol. The van der Waals surface area contributed by atoms with Gasteiger partial charge in [0.25, 0.3) is 5.97 Å². The predicted molar refractivity (Wildman–Crippen MR) is 124 cm³/mol.